The highest BCUT2D eigenvalue weighted by Crippen LogP contribution is 2.14. The zero-order valence-electron chi connectivity index (χ0n) is 12.1. The van der Waals surface area contributed by atoms with Gasteiger partial charge in [-0.25, -0.2) is 4.79 Å². The Balaban J connectivity index is 1.82. The predicted octanol–water partition coefficient (Wildman–Crippen LogP) is 1.73. The van der Waals surface area contributed by atoms with Crippen LogP contribution in [0, 0.1) is 0 Å². The van der Waals surface area contributed by atoms with E-state index in [1.165, 1.54) is 24.4 Å². The fourth-order valence-electron chi connectivity index (χ4n) is 1.69. The quantitative estimate of drug-likeness (QED) is 0.782. The third kappa shape index (κ3) is 4.90. The smallest absolute Gasteiger partial charge is 0.387 e. The molecule has 2 amide bonds. The second-order valence-electron chi connectivity index (χ2n) is 4.44. The number of halogens is 2. The van der Waals surface area contributed by atoms with Gasteiger partial charge in [-0.15, -0.1) is 0 Å². The number of benzene rings is 1. The minimum atomic E-state index is -2.97. The maximum absolute atomic E-state index is 12.0. The number of rotatable bonds is 6. The molecule has 0 saturated carbocycles. The van der Waals surface area contributed by atoms with Gasteiger partial charge in [-0.1, -0.05) is 0 Å². The van der Waals surface area contributed by atoms with Crippen molar-refractivity contribution in [3.8, 4) is 5.75 Å². The van der Waals surface area contributed by atoms with Crippen LogP contribution in [0.3, 0.4) is 0 Å². The lowest BCUT2D eigenvalue weighted by Crippen LogP contribution is -2.34. The normalized spacial score (nSPS) is 10.3. The van der Waals surface area contributed by atoms with E-state index in [4.69, 9.17) is 4.74 Å². The van der Waals surface area contributed by atoms with E-state index in [2.05, 4.69) is 9.72 Å². The molecule has 1 aromatic heterocycles. The molecule has 126 valence electrons. The van der Waals surface area contributed by atoms with Crippen LogP contribution in [0.15, 0.2) is 42.6 Å². The number of carbonyl (C=O) groups excluding carboxylic acids is 3. The highest BCUT2D eigenvalue weighted by Gasteiger charge is 2.14. The molecular weight excluding hydrogens is 326 g/mol. The Morgan fingerprint density at radius 2 is 1.83 bits per heavy atom. The summed E-state index contributed by atoms with van der Waals surface area (Å²) in [5, 5.41) is 2.00. The van der Waals surface area contributed by atoms with E-state index in [-0.39, 0.29) is 17.0 Å². The summed E-state index contributed by atoms with van der Waals surface area (Å²) in [4.78, 5) is 37.5. The summed E-state index contributed by atoms with van der Waals surface area (Å²) in [5.41, 5.74) is 0.226. The number of carbonyl (C=O) groups is 3. The van der Waals surface area contributed by atoms with Gasteiger partial charge >= 0.3 is 12.6 Å². The topological polar surface area (TPSA) is 97.5 Å². The molecule has 0 spiro atoms. The number of aromatic nitrogens is 1. The molecule has 0 aliphatic rings. The average molecular weight is 338 g/mol. The van der Waals surface area contributed by atoms with E-state index >= 15 is 0 Å². The van der Waals surface area contributed by atoms with Crippen molar-refractivity contribution in [1.29, 1.82) is 0 Å². The molecule has 0 aliphatic heterocycles. The summed E-state index contributed by atoms with van der Waals surface area (Å²) >= 11 is 0. The maximum Gasteiger partial charge on any atom is 0.387 e. The van der Waals surface area contributed by atoms with Crippen LogP contribution < -0.4 is 10.1 Å². The Bertz CT molecular complexity index is 714. The second kappa shape index (κ2) is 7.86. The van der Waals surface area contributed by atoms with E-state index in [1.807, 2.05) is 5.32 Å². The molecule has 0 aliphatic carbocycles. The monoisotopic (exact) mass is 338 g/mol. The zero-order chi connectivity index (χ0) is 17.5. The lowest BCUT2D eigenvalue weighted by atomic mass is 10.2. The molecule has 0 radical (unpaired) electrons. The first-order valence-corrected chi connectivity index (χ1v) is 6.65. The van der Waals surface area contributed by atoms with Crippen molar-refractivity contribution >= 4 is 17.8 Å². The molecule has 2 N–H and O–H groups in total. The summed E-state index contributed by atoms with van der Waals surface area (Å²) in [6, 6.07) is 7.81. The molecule has 0 bridgehead atoms. The van der Waals surface area contributed by atoms with Crippen molar-refractivity contribution in [1.82, 2.24) is 10.3 Å². The van der Waals surface area contributed by atoms with E-state index in [9.17, 15) is 23.2 Å². The molecule has 0 atom stereocenters. The minimum absolute atomic E-state index is 0.0562. The minimum Gasteiger partial charge on any atom is -0.451 e. The Hall–Kier alpha value is -3.23. The third-order valence-corrected chi connectivity index (χ3v) is 2.75. The first-order valence-electron chi connectivity index (χ1n) is 6.65. The molecule has 24 heavy (non-hydrogen) atoms. The number of H-pyrrole nitrogens is 1. The number of hydrogen-bond donors (Lipinski definition) is 2. The summed E-state index contributed by atoms with van der Waals surface area (Å²) < 4.78 is 32.9. The number of amides is 2. The van der Waals surface area contributed by atoms with Gasteiger partial charge in [0.2, 0.25) is 0 Å². The van der Waals surface area contributed by atoms with Crippen molar-refractivity contribution in [2.75, 3.05) is 6.61 Å². The van der Waals surface area contributed by atoms with Crippen molar-refractivity contribution in [2.24, 2.45) is 0 Å². The van der Waals surface area contributed by atoms with Crippen LogP contribution in [0.25, 0.3) is 0 Å². The summed E-state index contributed by atoms with van der Waals surface area (Å²) in [5.74, 6) is -2.45. The Morgan fingerprint density at radius 3 is 2.42 bits per heavy atom. The number of imide groups is 1. The molecule has 7 nitrogen and oxygen atoms in total. The van der Waals surface area contributed by atoms with Crippen LogP contribution in [0.2, 0.25) is 0 Å². The predicted molar refractivity (Wildman–Crippen MR) is 76.6 cm³/mol. The average Bonchev–Trinajstić information content (AvgIpc) is 3.07. The lowest BCUT2D eigenvalue weighted by Gasteiger charge is -2.07. The van der Waals surface area contributed by atoms with Crippen molar-refractivity contribution in [3.05, 3.63) is 53.9 Å². The van der Waals surface area contributed by atoms with E-state index in [0.29, 0.717) is 0 Å². The van der Waals surface area contributed by atoms with Gasteiger partial charge in [-0.05, 0) is 36.4 Å². The van der Waals surface area contributed by atoms with Gasteiger partial charge in [0.05, 0.1) is 0 Å². The van der Waals surface area contributed by atoms with Gasteiger partial charge in [0.25, 0.3) is 11.8 Å². The molecule has 0 saturated heterocycles. The summed E-state index contributed by atoms with van der Waals surface area (Å²) in [6.45, 7) is -3.61. The van der Waals surface area contributed by atoms with Gasteiger partial charge < -0.3 is 14.5 Å². The van der Waals surface area contributed by atoms with Gasteiger partial charge in [-0.2, -0.15) is 8.78 Å². The molecule has 0 fully saturated rings. The Labute approximate surface area is 134 Å². The fraction of sp³-hybridized carbons (Fsp3) is 0.133. The molecule has 2 aromatic rings. The lowest BCUT2D eigenvalue weighted by molar-refractivity contribution is -0.123. The van der Waals surface area contributed by atoms with Crippen LogP contribution in [-0.4, -0.2) is 36.0 Å². The van der Waals surface area contributed by atoms with Gasteiger partial charge in [0, 0.05) is 11.8 Å². The summed E-state index contributed by atoms with van der Waals surface area (Å²) in [6.07, 6.45) is 1.52. The first kappa shape index (κ1) is 17.1. The van der Waals surface area contributed by atoms with Gasteiger partial charge in [-0.3, -0.25) is 14.9 Å². The third-order valence-electron chi connectivity index (χ3n) is 2.75. The number of ether oxygens (including phenoxy) is 2. The van der Waals surface area contributed by atoms with Gasteiger partial charge in [0.1, 0.15) is 11.4 Å². The second-order valence-corrected chi connectivity index (χ2v) is 4.44. The number of alkyl halides is 2. The zero-order valence-corrected chi connectivity index (χ0v) is 12.1. The van der Waals surface area contributed by atoms with Crippen molar-refractivity contribution in [2.45, 2.75) is 6.61 Å². The number of nitrogens with one attached hydrogen (secondary N) is 2. The molecular formula is C15H12F2N2O5. The Morgan fingerprint density at radius 1 is 1.12 bits per heavy atom. The molecule has 1 aromatic carbocycles. The van der Waals surface area contributed by atoms with E-state index in [0.717, 1.165) is 12.1 Å². The highest BCUT2D eigenvalue weighted by molar-refractivity contribution is 6.05. The molecule has 2 rings (SSSR count). The van der Waals surface area contributed by atoms with Crippen LogP contribution in [-0.2, 0) is 9.53 Å². The van der Waals surface area contributed by atoms with E-state index in [1.54, 1.807) is 6.07 Å². The van der Waals surface area contributed by atoms with Crippen LogP contribution in [0.5, 0.6) is 5.75 Å². The number of aromatic amines is 1. The van der Waals surface area contributed by atoms with Gasteiger partial charge in [0.15, 0.2) is 6.61 Å². The number of esters is 1. The standard InChI is InChI=1S/C15H12F2N2O5/c16-15(17)24-10-5-3-9(4-6-10)13(21)19-12(20)8-23-14(22)11-2-1-7-18-11/h1-7,15,18H,8H2,(H,19,20,21). The van der Waals surface area contributed by atoms with Crippen molar-refractivity contribution < 1.29 is 32.6 Å². The maximum atomic E-state index is 12.0. The molecule has 9 heteroatoms. The highest BCUT2D eigenvalue weighted by atomic mass is 19.3. The largest absolute Gasteiger partial charge is 0.451 e. The SMILES string of the molecule is O=C(COC(=O)c1ccc[nH]1)NC(=O)c1ccc(OC(F)F)cc1. The Kier molecular flexibility index (Phi) is 5.61. The van der Waals surface area contributed by atoms with Crippen molar-refractivity contribution in [3.63, 3.8) is 0 Å². The van der Waals surface area contributed by atoms with E-state index < -0.39 is 31.0 Å². The fourth-order valence-corrected chi connectivity index (χ4v) is 1.69. The molecule has 1 heterocycles. The van der Waals surface area contributed by atoms with Crippen LogP contribution >= 0.6 is 0 Å². The van der Waals surface area contributed by atoms with Crippen LogP contribution in [0.1, 0.15) is 20.8 Å². The molecule has 0 unspecified atom stereocenters. The summed E-state index contributed by atoms with van der Waals surface area (Å²) in [7, 11) is 0. The van der Waals surface area contributed by atoms with Crippen LogP contribution in [0.4, 0.5) is 8.78 Å². The first-order chi connectivity index (χ1) is 11.5. The number of hydrogen-bond acceptors (Lipinski definition) is 5.